The number of carbonyl (C=O) groups is 3. The highest BCUT2D eigenvalue weighted by molar-refractivity contribution is 6.30. The molecular weight excluding hydrogens is 384 g/mol. The number of hydrogen-bond donors (Lipinski definition) is 1. The fourth-order valence-electron chi connectivity index (χ4n) is 2.90. The van der Waals surface area contributed by atoms with Crippen molar-refractivity contribution in [1.82, 2.24) is 0 Å². The summed E-state index contributed by atoms with van der Waals surface area (Å²) in [6, 6.07) is 13.6. The van der Waals surface area contributed by atoms with Crippen LogP contribution in [0.4, 0.5) is 11.4 Å². The summed E-state index contributed by atoms with van der Waals surface area (Å²) in [5.41, 5.74) is 1.19. The van der Waals surface area contributed by atoms with Gasteiger partial charge in [-0.15, -0.1) is 0 Å². The van der Waals surface area contributed by atoms with Crippen molar-refractivity contribution in [3.05, 3.63) is 53.6 Å². The van der Waals surface area contributed by atoms with Crippen LogP contribution in [0.1, 0.15) is 6.42 Å². The Labute approximate surface area is 167 Å². The van der Waals surface area contributed by atoms with Gasteiger partial charge in [0.15, 0.2) is 6.61 Å². The summed E-state index contributed by atoms with van der Waals surface area (Å²) in [5, 5.41) is 3.08. The minimum Gasteiger partial charge on any atom is -0.497 e. The Morgan fingerprint density at radius 1 is 1.21 bits per heavy atom. The van der Waals surface area contributed by atoms with Crippen molar-refractivity contribution < 1.29 is 23.9 Å². The average Bonchev–Trinajstić information content (AvgIpc) is 3.08. The quantitative estimate of drug-likeness (QED) is 0.751. The minimum absolute atomic E-state index is 0.0424. The molecule has 2 aromatic rings. The van der Waals surface area contributed by atoms with Crippen LogP contribution < -0.4 is 15.0 Å². The van der Waals surface area contributed by atoms with Gasteiger partial charge in [-0.1, -0.05) is 17.7 Å². The van der Waals surface area contributed by atoms with Crippen LogP contribution >= 0.6 is 11.6 Å². The van der Waals surface area contributed by atoms with E-state index < -0.39 is 24.4 Å². The highest BCUT2D eigenvalue weighted by Gasteiger charge is 2.36. The van der Waals surface area contributed by atoms with Gasteiger partial charge >= 0.3 is 5.97 Å². The van der Waals surface area contributed by atoms with E-state index in [0.717, 1.165) is 0 Å². The number of anilines is 2. The predicted octanol–water partition coefficient (Wildman–Crippen LogP) is 2.88. The molecule has 8 heteroatoms. The summed E-state index contributed by atoms with van der Waals surface area (Å²) in [6.07, 6.45) is 0.0424. The molecule has 1 atom stereocenters. The molecule has 0 aromatic heterocycles. The van der Waals surface area contributed by atoms with E-state index in [1.54, 1.807) is 55.6 Å². The number of ether oxygens (including phenoxy) is 2. The zero-order valence-electron chi connectivity index (χ0n) is 15.2. The van der Waals surface area contributed by atoms with Crippen molar-refractivity contribution in [2.75, 3.05) is 30.5 Å². The van der Waals surface area contributed by atoms with Gasteiger partial charge < -0.3 is 19.7 Å². The fraction of sp³-hybridized carbons (Fsp3) is 0.250. The Morgan fingerprint density at radius 3 is 2.64 bits per heavy atom. The molecule has 2 aromatic carbocycles. The van der Waals surface area contributed by atoms with E-state index in [0.29, 0.717) is 22.1 Å². The van der Waals surface area contributed by atoms with Crippen LogP contribution in [0.15, 0.2) is 48.5 Å². The Balaban J connectivity index is 1.52. The lowest BCUT2D eigenvalue weighted by molar-refractivity contribution is -0.151. The third-order valence-electron chi connectivity index (χ3n) is 4.30. The fourth-order valence-corrected chi connectivity index (χ4v) is 3.09. The number of methoxy groups -OCH3 is 1. The highest BCUT2D eigenvalue weighted by atomic mass is 35.5. The molecule has 1 aliphatic heterocycles. The van der Waals surface area contributed by atoms with E-state index in [4.69, 9.17) is 21.1 Å². The molecule has 0 radical (unpaired) electrons. The second-order valence-corrected chi connectivity index (χ2v) is 6.71. The summed E-state index contributed by atoms with van der Waals surface area (Å²) in [4.78, 5) is 38.0. The van der Waals surface area contributed by atoms with Crippen LogP contribution in [0.5, 0.6) is 5.75 Å². The first-order valence-corrected chi connectivity index (χ1v) is 9.00. The highest BCUT2D eigenvalue weighted by Crippen LogP contribution is 2.27. The zero-order chi connectivity index (χ0) is 20.1. The molecule has 1 saturated heterocycles. The largest absolute Gasteiger partial charge is 0.497 e. The van der Waals surface area contributed by atoms with Gasteiger partial charge in [0.25, 0.3) is 5.91 Å². The van der Waals surface area contributed by atoms with Gasteiger partial charge in [-0.05, 0) is 42.5 Å². The van der Waals surface area contributed by atoms with E-state index in [2.05, 4.69) is 5.32 Å². The third-order valence-corrected chi connectivity index (χ3v) is 4.53. The van der Waals surface area contributed by atoms with E-state index in [-0.39, 0.29) is 18.9 Å². The maximum Gasteiger partial charge on any atom is 0.311 e. The van der Waals surface area contributed by atoms with Crippen molar-refractivity contribution in [2.24, 2.45) is 5.92 Å². The number of esters is 1. The summed E-state index contributed by atoms with van der Waals surface area (Å²) in [5.74, 6) is -1.17. The molecule has 28 heavy (non-hydrogen) atoms. The van der Waals surface area contributed by atoms with Crippen LogP contribution in [0.2, 0.25) is 5.02 Å². The minimum atomic E-state index is -0.617. The molecule has 1 heterocycles. The second kappa shape index (κ2) is 8.75. The van der Waals surface area contributed by atoms with E-state index >= 15 is 0 Å². The SMILES string of the molecule is COc1ccc(N2C[C@@H](C(=O)OCC(=O)Nc3cccc(Cl)c3)CC2=O)cc1. The number of rotatable bonds is 6. The standard InChI is InChI=1S/C20H19ClN2O5/c1-27-17-7-5-16(6-8-17)23-11-13(9-19(23)25)20(26)28-12-18(24)22-15-4-2-3-14(21)10-15/h2-8,10,13H,9,11-12H2,1H3,(H,22,24)/t13-/m0/s1. The first-order valence-electron chi connectivity index (χ1n) is 8.62. The molecule has 7 nitrogen and oxygen atoms in total. The Morgan fingerprint density at radius 2 is 1.96 bits per heavy atom. The van der Waals surface area contributed by atoms with E-state index in [1.807, 2.05) is 0 Å². The maximum atomic E-state index is 12.3. The molecule has 2 amide bonds. The Hall–Kier alpha value is -3.06. The third kappa shape index (κ3) is 4.80. The van der Waals surface area contributed by atoms with Crippen molar-refractivity contribution in [3.8, 4) is 5.75 Å². The van der Waals surface area contributed by atoms with Gasteiger partial charge in [0, 0.05) is 29.4 Å². The lowest BCUT2D eigenvalue weighted by Gasteiger charge is -2.16. The van der Waals surface area contributed by atoms with Crippen LogP contribution in [0.3, 0.4) is 0 Å². The van der Waals surface area contributed by atoms with Gasteiger partial charge in [-0.25, -0.2) is 0 Å². The first-order chi connectivity index (χ1) is 13.5. The molecule has 3 rings (SSSR count). The molecular formula is C20H19ClN2O5. The Kier molecular flexibility index (Phi) is 6.16. The van der Waals surface area contributed by atoms with Crippen LogP contribution in [0, 0.1) is 5.92 Å². The van der Waals surface area contributed by atoms with Crippen molar-refractivity contribution in [1.29, 1.82) is 0 Å². The topological polar surface area (TPSA) is 84.9 Å². The summed E-state index contributed by atoms with van der Waals surface area (Å²) >= 11 is 5.86. The van der Waals surface area contributed by atoms with Crippen LogP contribution in [0.25, 0.3) is 0 Å². The Bertz CT molecular complexity index is 884. The molecule has 1 N–H and O–H groups in total. The van der Waals surface area contributed by atoms with Crippen molar-refractivity contribution in [3.63, 3.8) is 0 Å². The number of benzene rings is 2. The maximum absolute atomic E-state index is 12.3. The first kappa shape index (κ1) is 19.7. The lowest BCUT2D eigenvalue weighted by atomic mass is 10.1. The van der Waals surface area contributed by atoms with Gasteiger partial charge in [-0.2, -0.15) is 0 Å². The monoisotopic (exact) mass is 402 g/mol. The average molecular weight is 403 g/mol. The molecule has 146 valence electrons. The molecule has 0 bridgehead atoms. The summed E-state index contributed by atoms with van der Waals surface area (Å²) in [7, 11) is 1.56. The predicted molar refractivity (Wildman–Crippen MR) is 104 cm³/mol. The zero-order valence-corrected chi connectivity index (χ0v) is 15.9. The van der Waals surface area contributed by atoms with E-state index in [9.17, 15) is 14.4 Å². The molecule has 0 aliphatic carbocycles. The van der Waals surface area contributed by atoms with Gasteiger partial charge in [0.1, 0.15) is 5.75 Å². The molecule has 1 fully saturated rings. The number of hydrogen-bond acceptors (Lipinski definition) is 5. The van der Waals surface area contributed by atoms with Gasteiger partial charge in [0.2, 0.25) is 5.91 Å². The van der Waals surface area contributed by atoms with Crippen molar-refractivity contribution >= 4 is 40.8 Å². The smallest absolute Gasteiger partial charge is 0.311 e. The van der Waals surface area contributed by atoms with Crippen LogP contribution in [-0.2, 0) is 19.1 Å². The molecule has 0 spiro atoms. The van der Waals surface area contributed by atoms with Gasteiger partial charge in [0.05, 0.1) is 13.0 Å². The van der Waals surface area contributed by atoms with Gasteiger partial charge in [-0.3, -0.25) is 14.4 Å². The second-order valence-electron chi connectivity index (χ2n) is 6.27. The van der Waals surface area contributed by atoms with Crippen molar-refractivity contribution in [2.45, 2.75) is 6.42 Å². The molecule has 0 unspecified atom stereocenters. The number of carbonyl (C=O) groups excluding carboxylic acids is 3. The normalized spacial score (nSPS) is 16.0. The van der Waals surface area contributed by atoms with Crippen LogP contribution in [-0.4, -0.2) is 38.0 Å². The molecule has 1 aliphatic rings. The lowest BCUT2D eigenvalue weighted by Crippen LogP contribution is -2.28. The number of nitrogens with zero attached hydrogens (tertiary/aromatic N) is 1. The summed E-state index contributed by atoms with van der Waals surface area (Å²) in [6.45, 7) is -0.224. The number of halogens is 1. The summed E-state index contributed by atoms with van der Waals surface area (Å²) < 4.78 is 10.2. The molecule has 0 saturated carbocycles. The number of nitrogens with one attached hydrogen (secondary N) is 1. The van der Waals surface area contributed by atoms with E-state index in [1.165, 1.54) is 4.90 Å². The number of amides is 2.